The molecule has 2 heterocycles. The molecule has 1 aromatic carbocycles. The number of amides is 1. The Morgan fingerprint density at radius 2 is 2.06 bits per heavy atom. The van der Waals surface area contributed by atoms with E-state index >= 15 is 0 Å². The van der Waals surface area contributed by atoms with Gasteiger partial charge in [-0.05, 0) is 67.6 Å². The molecule has 2 fully saturated rings. The highest BCUT2D eigenvalue weighted by molar-refractivity contribution is 7.09. The van der Waals surface area contributed by atoms with Crippen LogP contribution in [0.2, 0.25) is 0 Å². The first-order valence-electron chi connectivity index (χ1n) is 11.3. The number of rotatable bonds is 4. The minimum absolute atomic E-state index is 0.0303. The summed E-state index contributed by atoms with van der Waals surface area (Å²) < 4.78 is 5.66. The summed E-state index contributed by atoms with van der Waals surface area (Å²) in [6, 6.07) is 6.81. The third-order valence-corrected chi connectivity index (χ3v) is 8.75. The van der Waals surface area contributed by atoms with Crippen LogP contribution in [0.3, 0.4) is 0 Å². The lowest BCUT2D eigenvalue weighted by atomic mass is 9.61. The maximum Gasteiger partial charge on any atom is 0.262 e. The van der Waals surface area contributed by atoms with Gasteiger partial charge in [-0.3, -0.25) is 9.69 Å². The third-order valence-electron chi connectivity index (χ3n) is 7.98. The van der Waals surface area contributed by atoms with E-state index in [9.17, 15) is 4.79 Å². The Morgan fingerprint density at radius 1 is 1.26 bits per heavy atom. The van der Waals surface area contributed by atoms with Crippen molar-refractivity contribution in [2.45, 2.75) is 69.1 Å². The molecule has 2 spiro atoms. The molecule has 1 aromatic heterocycles. The second kappa shape index (κ2) is 6.87. The summed E-state index contributed by atoms with van der Waals surface area (Å²) in [5, 5.41) is 2.81. The zero-order valence-electron chi connectivity index (χ0n) is 17.8. The van der Waals surface area contributed by atoms with Crippen LogP contribution >= 0.6 is 11.3 Å². The highest BCUT2D eigenvalue weighted by Crippen LogP contribution is 2.62. The fourth-order valence-electron chi connectivity index (χ4n) is 6.17. The Balaban J connectivity index is 1.46. The Labute approximate surface area is 186 Å². The van der Waals surface area contributed by atoms with Gasteiger partial charge in [-0.15, -0.1) is 11.3 Å². The molecule has 2 N–H and O–H groups in total. The van der Waals surface area contributed by atoms with Crippen LogP contribution in [0.1, 0.15) is 66.1 Å². The first-order valence-corrected chi connectivity index (χ1v) is 12.2. The molecule has 3 aliphatic carbocycles. The van der Waals surface area contributed by atoms with Gasteiger partial charge in [0.1, 0.15) is 5.01 Å². The standard InChI is InChI=1S/C24H28N4O2S/c1-30-18-6-8-23(9-7-18)13-17-5-4-16(15-2-3-15)12-19(17)24(23)21(29)28(22(25)27-24)14-20-26-10-11-31-20/h4-5,10-12,15,18H,2-3,6-9,13-14H2,1H3,(H2,25,27). The molecule has 4 aliphatic rings. The lowest BCUT2D eigenvalue weighted by molar-refractivity contribution is -0.138. The number of nitrogens with zero attached hydrogens (tertiary/aromatic N) is 3. The molecule has 0 saturated heterocycles. The summed E-state index contributed by atoms with van der Waals surface area (Å²) in [6.07, 6.45) is 9.15. The Kier molecular flexibility index (Phi) is 4.31. The number of fused-ring (bicyclic) bond motifs is 3. The van der Waals surface area contributed by atoms with Gasteiger partial charge >= 0.3 is 0 Å². The lowest BCUT2D eigenvalue weighted by Gasteiger charge is -2.45. The van der Waals surface area contributed by atoms with E-state index in [1.54, 1.807) is 29.5 Å². The molecule has 1 atom stereocenters. The molecule has 0 bridgehead atoms. The number of hydrogen-bond acceptors (Lipinski definition) is 6. The SMILES string of the molecule is COC1CCC2(CC1)Cc1ccc(C3CC3)cc1C21N=C(N)N(Cc2nccs2)C1=O. The molecule has 7 heteroatoms. The number of nitrogens with two attached hydrogens (primary N) is 1. The van der Waals surface area contributed by atoms with E-state index in [4.69, 9.17) is 15.5 Å². The number of methoxy groups -OCH3 is 1. The van der Waals surface area contributed by atoms with Gasteiger partial charge in [0.15, 0.2) is 11.5 Å². The van der Waals surface area contributed by atoms with Crippen LogP contribution in [0.15, 0.2) is 34.8 Å². The number of carbonyl (C=O) groups is 1. The molecule has 1 amide bonds. The van der Waals surface area contributed by atoms with E-state index < -0.39 is 5.54 Å². The van der Waals surface area contributed by atoms with Gasteiger partial charge in [0.25, 0.3) is 5.91 Å². The van der Waals surface area contributed by atoms with Gasteiger partial charge in [0.2, 0.25) is 0 Å². The molecule has 2 saturated carbocycles. The summed E-state index contributed by atoms with van der Waals surface area (Å²) in [4.78, 5) is 25.3. The van der Waals surface area contributed by atoms with Crippen molar-refractivity contribution in [3.63, 3.8) is 0 Å². The number of ether oxygens (including phenoxy) is 1. The normalized spacial score (nSPS) is 32.2. The second-order valence-electron chi connectivity index (χ2n) is 9.58. The average molecular weight is 437 g/mol. The largest absolute Gasteiger partial charge is 0.381 e. The summed E-state index contributed by atoms with van der Waals surface area (Å²) in [6.45, 7) is 0.391. The zero-order chi connectivity index (χ0) is 21.2. The molecular formula is C24H28N4O2S. The summed E-state index contributed by atoms with van der Waals surface area (Å²) >= 11 is 1.54. The van der Waals surface area contributed by atoms with Crippen molar-refractivity contribution in [2.75, 3.05) is 7.11 Å². The molecule has 1 aliphatic heterocycles. The predicted octanol–water partition coefficient (Wildman–Crippen LogP) is 3.70. The number of aromatic nitrogens is 1. The number of guanidine groups is 1. The van der Waals surface area contributed by atoms with Crippen LogP contribution < -0.4 is 5.73 Å². The highest BCUT2D eigenvalue weighted by Gasteiger charge is 2.66. The topological polar surface area (TPSA) is 80.8 Å². The van der Waals surface area contributed by atoms with Gasteiger partial charge < -0.3 is 10.5 Å². The Hall–Kier alpha value is -2.25. The van der Waals surface area contributed by atoms with Crippen molar-refractivity contribution in [3.05, 3.63) is 51.5 Å². The number of carbonyl (C=O) groups excluding carboxylic acids is 1. The molecule has 6 rings (SSSR count). The van der Waals surface area contributed by atoms with Crippen LogP contribution in [0.4, 0.5) is 0 Å². The second-order valence-corrected chi connectivity index (χ2v) is 10.6. The first kappa shape index (κ1) is 19.4. The molecule has 6 nitrogen and oxygen atoms in total. The highest BCUT2D eigenvalue weighted by atomic mass is 32.1. The number of hydrogen-bond donors (Lipinski definition) is 1. The van der Waals surface area contributed by atoms with E-state index in [1.165, 1.54) is 24.0 Å². The number of benzene rings is 1. The molecule has 2 aromatic rings. The van der Waals surface area contributed by atoms with E-state index in [0.717, 1.165) is 42.7 Å². The maximum absolute atomic E-state index is 14.2. The summed E-state index contributed by atoms with van der Waals surface area (Å²) in [5.74, 6) is 0.994. The predicted molar refractivity (Wildman–Crippen MR) is 120 cm³/mol. The molecule has 162 valence electrons. The van der Waals surface area contributed by atoms with Crippen molar-refractivity contribution < 1.29 is 9.53 Å². The van der Waals surface area contributed by atoms with Crippen molar-refractivity contribution in [1.82, 2.24) is 9.88 Å². The minimum Gasteiger partial charge on any atom is -0.381 e. The average Bonchev–Trinajstić information content (AvgIpc) is 3.37. The quantitative estimate of drug-likeness (QED) is 0.792. The van der Waals surface area contributed by atoms with E-state index in [-0.39, 0.29) is 17.4 Å². The van der Waals surface area contributed by atoms with Gasteiger partial charge in [-0.25, -0.2) is 9.98 Å². The van der Waals surface area contributed by atoms with Gasteiger partial charge in [0, 0.05) is 24.1 Å². The van der Waals surface area contributed by atoms with Crippen molar-refractivity contribution in [1.29, 1.82) is 0 Å². The molecule has 31 heavy (non-hydrogen) atoms. The van der Waals surface area contributed by atoms with Gasteiger partial charge in [-0.2, -0.15) is 0 Å². The Morgan fingerprint density at radius 3 is 2.74 bits per heavy atom. The first-order chi connectivity index (χ1) is 15.1. The number of aliphatic imine (C=N–C) groups is 1. The van der Waals surface area contributed by atoms with Crippen LogP contribution in [0.25, 0.3) is 0 Å². The van der Waals surface area contributed by atoms with Crippen LogP contribution in [0.5, 0.6) is 0 Å². The van der Waals surface area contributed by atoms with Crippen LogP contribution in [-0.4, -0.2) is 35.0 Å². The molecular weight excluding hydrogens is 408 g/mol. The van der Waals surface area contributed by atoms with Crippen molar-refractivity contribution in [2.24, 2.45) is 16.1 Å². The summed E-state index contributed by atoms with van der Waals surface area (Å²) in [7, 11) is 1.79. The van der Waals surface area contributed by atoms with Crippen molar-refractivity contribution >= 4 is 23.2 Å². The molecule has 0 radical (unpaired) electrons. The number of thiazole rings is 1. The van der Waals surface area contributed by atoms with Crippen LogP contribution in [0, 0.1) is 5.41 Å². The smallest absolute Gasteiger partial charge is 0.262 e. The fourth-order valence-corrected chi connectivity index (χ4v) is 6.78. The van der Waals surface area contributed by atoms with E-state index in [0.29, 0.717) is 18.4 Å². The Bertz CT molecular complexity index is 1050. The lowest BCUT2D eigenvalue weighted by Crippen LogP contribution is -2.52. The summed E-state index contributed by atoms with van der Waals surface area (Å²) in [5.41, 5.74) is 9.03. The zero-order valence-corrected chi connectivity index (χ0v) is 18.7. The van der Waals surface area contributed by atoms with Crippen LogP contribution in [-0.2, 0) is 28.0 Å². The monoisotopic (exact) mass is 436 g/mol. The fraction of sp³-hybridized carbons (Fsp3) is 0.542. The minimum atomic E-state index is -0.909. The van der Waals surface area contributed by atoms with E-state index in [2.05, 4.69) is 23.2 Å². The van der Waals surface area contributed by atoms with E-state index in [1.807, 2.05) is 5.38 Å². The maximum atomic E-state index is 14.2. The van der Waals surface area contributed by atoms with Crippen molar-refractivity contribution in [3.8, 4) is 0 Å². The third kappa shape index (κ3) is 2.75. The van der Waals surface area contributed by atoms with Gasteiger partial charge in [0.05, 0.1) is 12.6 Å². The van der Waals surface area contributed by atoms with Gasteiger partial charge in [-0.1, -0.05) is 18.2 Å². The molecule has 1 unspecified atom stereocenters.